The fourth-order valence-corrected chi connectivity index (χ4v) is 3.14. The predicted molar refractivity (Wildman–Crippen MR) is 99.1 cm³/mol. The Bertz CT molecular complexity index is 906. The molecule has 0 spiro atoms. The van der Waals surface area contributed by atoms with Gasteiger partial charge in [0.25, 0.3) is 0 Å². The van der Waals surface area contributed by atoms with E-state index in [1.54, 1.807) is 7.11 Å². The fourth-order valence-electron chi connectivity index (χ4n) is 3.14. The number of aryl methyl sites for hydroxylation is 2. The minimum Gasteiger partial charge on any atom is -0.493 e. The highest BCUT2D eigenvalue weighted by Gasteiger charge is 2.11. The molecular formula is C21H22N2O2. The molecule has 0 bridgehead atoms. The maximum absolute atomic E-state index is 9.39. The van der Waals surface area contributed by atoms with E-state index in [1.165, 1.54) is 11.1 Å². The van der Waals surface area contributed by atoms with Crippen LogP contribution in [0.25, 0.3) is 10.9 Å². The van der Waals surface area contributed by atoms with E-state index in [-0.39, 0.29) is 0 Å². The molecule has 1 aromatic heterocycles. The zero-order valence-corrected chi connectivity index (χ0v) is 14.7. The summed E-state index contributed by atoms with van der Waals surface area (Å²) in [6.07, 6.45) is 3.75. The first kappa shape index (κ1) is 16.9. The summed E-state index contributed by atoms with van der Waals surface area (Å²) in [7, 11) is 1.64. The highest BCUT2D eigenvalue weighted by molar-refractivity contribution is 5.89. The molecule has 0 saturated carbocycles. The van der Waals surface area contributed by atoms with Crippen molar-refractivity contribution in [3.63, 3.8) is 0 Å². The second-order valence-electron chi connectivity index (χ2n) is 5.87. The summed E-state index contributed by atoms with van der Waals surface area (Å²) >= 11 is 0. The summed E-state index contributed by atoms with van der Waals surface area (Å²) in [6.45, 7) is 3.55. The zero-order valence-electron chi connectivity index (χ0n) is 14.7. The van der Waals surface area contributed by atoms with Crippen LogP contribution in [-0.2, 0) is 13.0 Å². The van der Waals surface area contributed by atoms with E-state index in [1.807, 2.05) is 42.6 Å². The van der Waals surface area contributed by atoms with Crippen LogP contribution in [0.15, 0.2) is 48.7 Å². The van der Waals surface area contributed by atoms with Gasteiger partial charge in [0.2, 0.25) is 0 Å². The molecule has 2 aromatic carbocycles. The Hall–Kier alpha value is -2.93. The second-order valence-corrected chi connectivity index (χ2v) is 5.87. The van der Waals surface area contributed by atoms with Gasteiger partial charge in [0.05, 0.1) is 24.8 Å². The molecule has 0 amide bonds. The van der Waals surface area contributed by atoms with Gasteiger partial charge in [-0.05, 0) is 30.5 Å². The van der Waals surface area contributed by atoms with Crippen LogP contribution in [0, 0.1) is 11.3 Å². The molecule has 0 radical (unpaired) electrons. The maximum atomic E-state index is 9.39. The Kier molecular flexibility index (Phi) is 5.25. The molecular weight excluding hydrogens is 312 g/mol. The van der Waals surface area contributed by atoms with Gasteiger partial charge < -0.3 is 14.0 Å². The molecule has 0 fully saturated rings. The lowest BCUT2D eigenvalue weighted by atomic mass is 10.1. The average Bonchev–Trinajstić information content (AvgIpc) is 3.03. The average molecular weight is 334 g/mol. The Morgan fingerprint density at radius 3 is 2.60 bits per heavy atom. The van der Waals surface area contributed by atoms with E-state index in [0.717, 1.165) is 41.8 Å². The van der Waals surface area contributed by atoms with E-state index in [2.05, 4.69) is 23.6 Å². The molecule has 0 saturated heterocycles. The highest BCUT2D eigenvalue weighted by Crippen LogP contribution is 2.27. The molecule has 128 valence electrons. The molecule has 0 aliphatic heterocycles. The van der Waals surface area contributed by atoms with Gasteiger partial charge in [-0.15, -0.1) is 0 Å². The molecule has 1 heterocycles. The summed E-state index contributed by atoms with van der Waals surface area (Å²) < 4.78 is 13.3. The number of hydrogen-bond acceptors (Lipinski definition) is 3. The molecule has 3 aromatic rings. The third-order valence-electron chi connectivity index (χ3n) is 4.35. The van der Waals surface area contributed by atoms with Crippen molar-refractivity contribution in [1.82, 2.24) is 4.57 Å². The van der Waals surface area contributed by atoms with E-state index in [4.69, 9.17) is 9.47 Å². The monoisotopic (exact) mass is 334 g/mol. The molecule has 0 aliphatic rings. The number of rotatable bonds is 7. The number of fused-ring (bicyclic) bond motifs is 1. The van der Waals surface area contributed by atoms with Crippen molar-refractivity contribution < 1.29 is 9.47 Å². The van der Waals surface area contributed by atoms with E-state index < -0.39 is 0 Å². The van der Waals surface area contributed by atoms with Gasteiger partial charge in [-0.1, -0.05) is 37.3 Å². The van der Waals surface area contributed by atoms with Crippen LogP contribution in [0.1, 0.15) is 24.5 Å². The molecule has 0 unspecified atom stereocenters. The van der Waals surface area contributed by atoms with Gasteiger partial charge in [0.1, 0.15) is 6.07 Å². The van der Waals surface area contributed by atoms with Crippen molar-refractivity contribution >= 4 is 10.9 Å². The predicted octanol–water partition coefficient (Wildman–Crippen LogP) is 4.55. The summed E-state index contributed by atoms with van der Waals surface area (Å²) in [4.78, 5) is 0. The summed E-state index contributed by atoms with van der Waals surface area (Å²) in [5.74, 6) is 1.50. The third-order valence-corrected chi connectivity index (χ3v) is 4.35. The number of methoxy groups -OCH3 is 1. The molecule has 25 heavy (non-hydrogen) atoms. The smallest absolute Gasteiger partial charge is 0.161 e. The second kappa shape index (κ2) is 7.76. The van der Waals surface area contributed by atoms with E-state index in [0.29, 0.717) is 6.61 Å². The van der Waals surface area contributed by atoms with Crippen molar-refractivity contribution in [3.8, 4) is 17.6 Å². The quantitative estimate of drug-likeness (QED) is 0.595. The van der Waals surface area contributed by atoms with Crippen LogP contribution < -0.4 is 9.47 Å². The Labute approximate surface area is 148 Å². The van der Waals surface area contributed by atoms with E-state index in [9.17, 15) is 5.26 Å². The van der Waals surface area contributed by atoms with Crippen LogP contribution in [0.2, 0.25) is 0 Å². The van der Waals surface area contributed by atoms with Gasteiger partial charge in [-0.2, -0.15) is 5.26 Å². The van der Waals surface area contributed by atoms with Crippen molar-refractivity contribution in [2.45, 2.75) is 26.3 Å². The Morgan fingerprint density at radius 2 is 1.88 bits per heavy atom. The summed E-state index contributed by atoms with van der Waals surface area (Å²) in [5, 5.41) is 10.4. The fraction of sp³-hybridized carbons (Fsp3) is 0.286. The standard InChI is InChI=1S/C21H22N2O2/c1-3-16-8-6-9-18-17(14-22)15-23(21(16)18)12-7-13-25-20-11-5-4-10-19(20)24-2/h4-6,8-11,15H,3,7,12-13H2,1-2H3. The van der Waals surface area contributed by atoms with E-state index >= 15 is 0 Å². The number of ether oxygens (including phenoxy) is 2. The lowest BCUT2D eigenvalue weighted by Crippen LogP contribution is -2.05. The summed E-state index contributed by atoms with van der Waals surface area (Å²) in [6, 6.07) is 16.1. The number of hydrogen-bond donors (Lipinski definition) is 0. The van der Waals surface area contributed by atoms with Crippen LogP contribution in [0.3, 0.4) is 0 Å². The molecule has 0 atom stereocenters. The largest absolute Gasteiger partial charge is 0.493 e. The van der Waals surface area contributed by atoms with Gasteiger partial charge in [0.15, 0.2) is 11.5 Å². The van der Waals surface area contributed by atoms with Gasteiger partial charge >= 0.3 is 0 Å². The van der Waals surface area contributed by atoms with Crippen LogP contribution in [0.4, 0.5) is 0 Å². The number of benzene rings is 2. The Morgan fingerprint density at radius 1 is 1.08 bits per heavy atom. The zero-order chi connectivity index (χ0) is 17.6. The highest BCUT2D eigenvalue weighted by atomic mass is 16.5. The molecule has 4 nitrogen and oxygen atoms in total. The maximum Gasteiger partial charge on any atom is 0.161 e. The van der Waals surface area contributed by atoms with Crippen molar-refractivity contribution in [1.29, 1.82) is 5.26 Å². The number of aromatic nitrogens is 1. The first-order chi connectivity index (χ1) is 12.3. The third kappa shape index (κ3) is 3.46. The first-order valence-corrected chi connectivity index (χ1v) is 8.55. The lowest BCUT2D eigenvalue weighted by Gasteiger charge is -2.11. The van der Waals surface area contributed by atoms with Crippen LogP contribution in [-0.4, -0.2) is 18.3 Å². The first-order valence-electron chi connectivity index (χ1n) is 8.55. The van der Waals surface area contributed by atoms with Gasteiger partial charge in [-0.25, -0.2) is 0 Å². The minimum atomic E-state index is 0.593. The number of para-hydroxylation sites is 3. The topological polar surface area (TPSA) is 47.2 Å². The van der Waals surface area contributed by atoms with Gasteiger partial charge in [-0.3, -0.25) is 0 Å². The normalized spacial score (nSPS) is 10.6. The van der Waals surface area contributed by atoms with Crippen LogP contribution >= 0.6 is 0 Å². The SMILES string of the molecule is CCc1cccc2c(C#N)cn(CCCOc3ccccc3OC)c12. The molecule has 0 N–H and O–H groups in total. The van der Waals surface area contributed by atoms with Crippen molar-refractivity contribution in [3.05, 3.63) is 59.8 Å². The van der Waals surface area contributed by atoms with Crippen molar-refractivity contribution in [2.24, 2.45) is 0 Å². The lowest BCUT2D eigenvalue weighted by molar-refractivity contribution is 0.283. The number of nitrogens with zero attached hydrogens (tertiary/aromatic N) is 2. The summed E-state index contributed by atoms with van der Waals surface area (Å²) in [5.41, 5.74) is 3.17. The Balaban J connectivity index is 1.72. The minimum absolute atomic E-state index is 0.593. The number of nitriles is 1. The van der Waals surface area contributed by atoms with Gasteiger partial charge in [0, 0.05) is 18.1 Å². The molecule has 3 rings (SSSR count). The van der Waals surface area contributed by atoms with Crippen molar-refractivity contribution in [2.75, 3.05) is 13.7 Å². The molecule has 0 aliphatic carbocycles. The molecule has 4 heteroatoms. The van der Waals surface area contributed by atoms with Crippen LogP contribution in [0.5, 0.6) is 11.5 Å².